The number of rotatable bonds is 5. The Labute approximate surface area is 164 Å². The van der Waals surface area contributed by atoms with Crippen LogP contribution in [0.2, 0.25) is 0 Å². The fourth-order valence-corrected chi connectivity index (χ4v) is 3.59. The van der Waals surface area contributed by atoms with Crippen molar-refractivity contribution in [2.45, 2.75) is 19.4 Å². The van der Waals surface area contributed by atoms with Gasteiger partial charge in [0.05, 0.1) is 18.8 Å². The summed E-state index contributed by atoms with van der Waals surface area (Å²) in [5, 5.41) is 2.98. The minimum atomic E-state index is -0.145. The summed E-state index contributed by atoms with van der Waals surface area (Å²) in [5.41, 5.74) is 2.48. The van der Waals surface area contributed by atoms with Gasteiger partial charge in [0.2, 0.25) is 5.91 Å². The molecule has 2 aliphatic rings. The molecule has 0 aliphatic carbocycles. The van der Waals surface area contributed by atoms with Crippen molar-refractivity contribution in [1.82, 2.24) is 10.3 Å². The van der Waals surface area contributed by atoms with Crippen LogP contribution in [0.1, 0.15) is 28.8 Å². The van der Waals surface area contributed by atoms with E-state index in [9.17, 15) is 9.59 Å². The molecule has 3 heterocycles. The second-order valence-corrected chi connectivity index (χ2v) is 6.97. The SMILES string of the molecule is O=C(NCc1ccc(N2CCCC2=O)cc1)c1cccnc1N1CCOCC1. The van der Waals surface area contributed by atoms with E-state index >= 15 is 0 Å². The van der Waals surface area contributed by atoms with Gasteiger partial charge in [-0.2, -0.15) is 0 Å². The van der Waals surface area contributed by atoms with Crippen LogP contribution in [0.3, 0.4) is 0 Å². The minimum absolute atomic E-state index is 0.145. The van der Waals surface area contributed by atoms with Crippen LogP contribution in [-0.4, -0.2) is 49.6 Å². The monoisotopic (exact) mass is 380 g/mol. The first-order valence-corrected chi connectivity index (χ1v) is 9.67. The van der Waals surface area contributed by atoms with Crippen molar-refractivity contribution in [3.8, 4) is 0 Å². The molecule has 0 bridgehead atoms. The molecule has 1 N–H and O–H groups in total. The van der Waals surface area contributed by atoms with Gasteiger partial charge in [-0.15, -0.1) is 0 Å². The van der Waals surface area contributed by atoms with E-state index in [1.807, 2.05) is 29.2 Å². The van der Waals surface area contributed by atoms with Crippen molar-refractivity contribution in [2.75, 3.05) is 42.6 Å². The number of benzene rings is 1. The van der Waals surface area contributed by atoms with Crippen LogP contribution in [-0.2, 0) is 16.1 Å². The van der Waals surface area contributed by atoms with Crippen LogP contribution in [0.5, 0.6) is 0 Å². The average Bonchev–Trinajstić information content (AvgIpc) is 3.19. The Hall–Kier alpha value is -2.93. The van der Waals surface area contributed by atoms with Gasteiger partial charge < -0.3 is 19.9 Å². The Balaban J connectivity index is 1.40. The number of nitrogens with zero attached hydrogens (tertiary/aromatic N) is 3. The van der Waals surface area contributed by atoms with Crippen molar-refractivity contribution in [1.29, 1.82) is 0 Å². The van der Waals surface area contributed by atoms with E-state index < -0.39 is 0 Å². The van der Waals surface area contributed by atoms with E-state index in [4.69, 9.17) is 4.74 Å². The molecular formula is C21H24N4O3. The minimum Gasteiger partial charge on any atom is -0.378 e. The highest BCUT2D eigenvalue weighted by molar-refractivity contribution is 5.99. The molecule has 2 amide bonds. The summed E-state index contributed by atoms with van der Waals surface area (Å²) in [5.74, 6) is 0.729. The van der Waals surface area contributed by atoms with E-state index in [1.54, 1.807) is 18.3 Å². The van der Waals surface area contributed by atoms with Crippen LogP contribution in [0, 0.1) is 0 Å². The molecule has 2 aromatic rings. The second kappa shape index (κ2) is 8.39. The number of carbonyl (C=O) groups is 2. The van der Waals surface area contributed by atoms with Crippen LogP contribution in [0.4, 0.5) is 11.5 Å². The van der Waals surface area contributed by atoms with Crippen LogP contribution in [0.15, 0.2) is 42.6 Å². The van der Waals surface area contributed by atoms with Crippen molar-refractivity contribution in [3.05, 3.63) is 53.7 Å². The number of morpholine rings is 1. The molecule has 2 saturated heterocycles. The lowest BCUT2D eigenvalue weighted by molar-refractivity contribution is -0.117. The standard InChI is InChI=1S/C21H24N4O3/c26-19-4-2-10-25(19)17-7-5-16(6-8-17)15-23-21(27)18-3-1-9-22-20(18)24-11-13-28-14-12-24/h1,3,5-9H,2,4,10-15H2,(H,23,27). The Morgan fingerprint density at radius 1 is 1.11 bits per heavy atom. The van der Waals surface area contributed by atoms with E-state index in [0.29, 0.717) is 37.6 Å². The molecule has 0 saturated carbocycles. The van der Waals surface area contributed by atoms with Gasteiger partial charge in [0.25, 0.3) is 5.91 Å². The van der Waals surface area contributed by atoms with Crippen molar-refractivity contribution >= 4 is 23.3 Å². The van der Waals surface area contributed by atoms with Crippen molar-refractivity contribution in [3.63, 3.8) is 0 Å². The lowest BCUT2D eigenvalue weighted by Crippen LogP contribution is -2.38. The lowest BCUT2D eigenvalue weighted by Gasteiger charge is -2.29. The van der Waals surface area contributed by atoms with Gasteiger partial charge in [-0.3, -0.25) is 9.59 Å². The summed E-state index contributed by atoms with van der Waals surface area (Å²) in [6, 6.07) is 11.4. The number of anilines is 2. The third-order valence-corrected chi connectivity index (χ3v) is 5.12. The van der Waals surface area contributed by atoms with Gasteiger partial charge in [-0.05, 0) is 36.2 Å². The lowest BCUT2D eigenvalue weighted by atomic mass is 10.1. The number of carbonyl (C=O) groups excluding carboxylic acids is 2. The van der Waals surface area contributed by atoms with Gasteiger partial charge in [-0.1, -0.05) is 12.1 Å². The maximum atomic E-state index is 12.7. The zero-order chi connectivity index (χ0) is 19.3. The summed E-state index contributed by atoms with van der Waals surface area (Å²) in [6.07, 6.45) is 3.24. The molecule has 7 heteroatoms. The molecule has 4 rings (SSSR count). The summed E-state index contributed by atoms with van der Waals surface area (Å²) < 4.78 is 5.39. The predicted molar refractivity (Wildman–Crippen MR) is 106 cm³/mol. The molecule has 2 aliphatic heterocycles. The number of hydrogen-bond donors (Lipinski definition) is 1. The van der Waals surface area contributed by atoms with Gasteiger partial charge in [-0.25, -0.2) is 4.98 Å². The maximum absolute atomic E-state index is 12.7. The molecule has 0 atom stereocenters. The number of hydrogen-bond acceptors (Lipinski definition) is 5. The van der Waals surface area contributed by atoms with Gasteiger partial charge in [0.15, 0.2) is 0 Å². The number of pyridine rings is 1. The van der Waals surface area contributed by atoms with Gasteiger partial charge in [0.1, 0.15) is 5.82 Å². The van der Waals surface area contributed by atoms with Crippen LogP contribution >= 0.6 is 0 Å². The molecule has 1 aromatic carbocycles. The summed E-state index contributed by atoms with van der Waals surface area (Å²) >= 11 is 0. The molecule has 0 spiro atoms. The number of amides is 2. The summed E-state index contributed by atoms with van der Waals surface area (Å²) in [7, 11) is 0. The largest absolute Gasteiger partial charge is 0.378 e. The molecule has 0 unspecified atom stereocenters. The zero-order valence-corrected chi connectivity index (χ0v) is 15.8. The van der Waals surface area contributed by atoms with Crippen LogP contribution < -0.4 is 15.1 Å². The molecular weight excluding hydrogens is 356 g/mol. The molecule has 28 heavy (non-hydrogen) atoms. The third kappa shape index (κ3) is 3.99. The predicted octanol–water partition coefficient (Wildman–Crippen LogP) is 1.97. The number of nitrogens with one attached hydrogen (secondary N) is 1. The third-order valence-electron chi connectivity index (χ3n) is 5.12. The fraction of sp³-hybridized carbons (Fsp3) is 0.381. The number of ether oxygens (including phenoxy) is 1. The normalized spacial score (nSPS) is 17.1. The maximum Gasteiger partial charge on any atom is 0.255 e. The molecule has 0 radical (unpaired) electrons. The summed E-state index contributed by atoms with van der Waals surface area (Å²) in [4.78, 5) is 32.9. The first kappa shape index (κ1) is 18.4. The Morgan fingerprint density at radius 2 is 1.89 bits per heavy atom. The highest BCUT2D eigenvalue weighted by atomic mass is 16.5. The molecule has 2 fully saturated rings. The van der Waals surface area contributed by atoms with Gasteiger partial charge in [0, 0.05) is 44.5 Å². The van der Waals surface area contributed by atoms with E-state index in [1.165, 1.54) is 0 Å². The van der Waals surface area contributed by atoms with Crippen LogP contribution in [0.25, 0.3) is 0 Å². The fourth-order valence-electron chi connectivity index (χ4n) is 3.59. The number of aromatic nitrogens is 1. The molecule has 7 nitrogen and oxygen atoms in total. The average molecular weight is 380 g/mol. The first-order chi connectivity index (χ1) is 13.7. The molecule has 1 aromatic heterocycles. The van der Waals surface area contributed by atoms with E-state index in [-0.39, 0.29) is 11.8 Å². The highest BCUT2D eigenvalue weighted by Gasteiger charge is 2.22. The first-order valence-electron chi connectivity index (χ1n) is 9.67. The van der Waals surface area contributed by atoms with E-state index in [2.05, 4.69) is 15.2 Å². The van der Waals surface area contributed by atoms with Crippen molar-refractivity contribution < 1.29 is 14.3 Å². The highest BCUT2D eigenvalue weighted by Crippen LogP contribution is 2.22. The van der Waals surface area contributed by atoms with E-state index in [0.717, 1.165) is 37.3 Å². The Kier molecular flexibility index (Phi) is 5.53. The van der Waals surface area contributed by atoms with Gasteiger partial charge >= 0.3 is 0 Å². The smallest absolute Gasteiger partial charge is 0.255 e. The van der Waals surface area contributed by atoms with Crippen molar-refractivity contribution in [2.24, 2.45) is 0 Å². The quantitative estimate of drug-likeness (QED) is 0.859. The molecule has 146 valence electrons. The zero-order valence-electron chi connectivity index (χ0n) is 15.8. The Morgan fingerprint density at radius 3 is 2.61 bits per heavy atom. The second-order valence-electron chi connectivity index (χ2n) is 6.97. The topological polar surface area (TPSA) is 74.8 Å². The summed E-state index contributed by atoms with van der Waals surface area (Å²) in [6.45, 7) is 3.94. The Bertz CT molecular complexity index is 847.